The molecule has 0 amide bonds. The van der Waals surface area contributed by atoms with Crippen LogP contribution in [0.15, 0.2) is 12.2 Å². The van der Waals surface area contributed by atoms with Gasteiger partial charge in [-0.05, 0) is 24.3 Å². The molecule has 2 nitrogen and oxygen atoms in total. The molecule has 58 valence electrons. The van der Waals surface area contributed by atoms with Gasteiger partial charge in [0.2, 0.25) is 0 Å². The molecule has 1 rings (SSSR count). The first-order chi connectivity index (χ1) is 4.61. The van der Waals surface area contributed by atoms with Crippen molar-refractivity contribution >= 4 is 0 Å². The Morgan fingerprint density at radius 2 is 2.10 bits per heavy atom. The van der Waals surface area contributed by atoms with Crippen molar-refractivity contribution in [1.29, 1.82) is 0 Å². The van der Waals surface area contributed by atoms with Gasteiger partial charge in [-0.15, -0.1) is 0 Å². The van der Waals surface area contributed by atoms with Crippen molar-refractivity contribution < 1.29 is 10.2 Å². The fraction of sp³-hybridized carbons (Fsp3) is 0.750. The lowest BCUT2D eigenvalue weighted by molar-refractivity contribution is 0.0531. The highest BCUT2D eigenvalue weighted by Crippen LogP contribution is 2.27. The first-order valence-electron chi connectivity index (χ1n) is 3.65. The summed E-state index contributed by atoms with van der Waals surface area (Å²) in [4.78, 5) is 0. The second kappa shape index (κ2) is 2.72. The lowest BCUT2D eigenvalue weighted by atomic mass is 9.83. The zero-order valence-electron chi connectivity index (χ0n) is 6.25. The van der Waals surface area contributed by atoms with Gasteiger partial charge < -0.3 is 10.2 Å². The molecular weight excluding hydrogens is 128 g/mol. The summed E-state index contributed by atoms with van der Waals surface area (Å²) < 4.78 is 0. The maximum Gasteiger partial charge on any atom is 0.0774 e. The van der Waals surface area contributed by atoms with Crippen LogP contribution in [0.3, 0.4) is 0 Å². The predicted octanol–water partition coefficient (Wildman–Crippen LogP) is 0.694. The Bertz CT molecular complexity index is 142. The first kappa shape index (κ1) is 7.76. The molecule has 0 aliphatic heterocycles. The number of hydrogen-bond donors (Lipinski definition) is 2. The summed E-state index contributed by atoms with van der Waals surface area (Å²) in [7, 11) is 0. The molecule has 0 bridgehead atoms. The standard InChI is InChI=1S/C8H14O2/c1-5-3-7(9)4-6(2)8(5)10/h6-10H,1,3-4H2,2H3/t6?,7-,8+/m1/s1. The smallest absolute Gasteiger partial charge is 0.0774 e. The molecule has 0 aromatic carbocycles. The number of aliphatic hydroxyl groups excluding tert-OH is 2. The molecule has 0 aromatic rings. The van der Waals surface area contributed by atoms with Crippen molar-refractivity contribution in [3.05, 3.63) is 12.2 Å². The topological polar surface area (TPSA) is 40.5 Å². The zero-order valence-corrected chi connectivity index (χ0v) is 6.25. The Labute approximate surface area is 61.2 Å². The van der Waals surface area contributed by atoms with Crippen molar-refractivity contribution in [2.24, 2.45) is 5.92 Å². The molecule has 0 aromatic heterocycles. The number of aliphatic hydroxyl groups is 2. The molecule has 1 fully saturated rings. The average molecular weight is 142 g/mol. The summed E-state index contributed by atoms with van der Waals surface area (Å²) in [6.45, 7) is 5.61. The summed E-state index contributed by atoms with van der Waals surface area (Å²) in [5.41, 5.74) is 0.770. The van der Waals surface area contributed by atoms with E-state index >= 15 is 0 Å². The third-order valence-corrected chi connectivity index (χ3v) is 2.10. The monoisotopic (exact) mass is 142 g/mol. The minimum absolute atomic E-state index is 0.163. The third kappa shape index (κ3) is 1.39. The Morgan fingerprint density at radius 3 is 2.60 bits per heavy atom. The summed E-state index contributed by atoms with van der Waals surface area (Å²) >= 11 is 0. The number of hydrogen-bond acceptors (Lipinski definition) is 2. The van der Waals surface area contributed by atoms with E-state index in [-0.39, 0.29) is 12.0 Å². The summed E-state index contributed by atoms with van der Waals surface area (Å²) in [5.74, 6) is 0.163. The second-order valence-electron chi connectivity index (χ2n) is 3.17. The van der Waals surface area contributed by atoms with Gasteiger partial charge in [-0.1, -0.05) is 13.5 Å². The fourth-order valence-electron chi connectivity index (χ4n) is 1.47. The van der Waals surface area contributed by atoms with Gasteiger partial charge in [-0.25, -0.2) is 0 Å². The van der Waals surface area contributed by atoms with Gasteiger partial charge in [0.15, 0.2) is 0 Å². The van der Waals surface area contributed by atoms with Crippen molar-refractivity contribution in [3.63, 3.8) is 0 Å². The van der Waals surface area contributed by atoms with E-state index in [1.807, 2.05) is 6.92 Å². The molecule has 1 unspecified atom stereocenters. The van der Waals surface area contributed by atoms with Gasteiger partial charge in [0.25, 0.3) is 0 Å². The maximum atomic E-state index is 9.35. The van der Waals surface area contributed by atoms with E-state index in [9.17, 15) is 10.2 Å². The van der Waals surface area contributed by atoms with E-state index in [1.165, 1.54) is 0 Å². The van der Waals surface area contributed by atoms with E-state index in [0.717, 1.165) is 5.57 Å². The van der Waals surface area contributed by atoms with Gasteiger partial charge in [0.1, 0.15) is 0 Å². The minimum atomic E-state index is -0.400. The normalized spacial score (nSPS) is 41.9. The quantitative estimate of drug-likeness (QED) is 0.489. The van der Waals surface area contributed by atoms with E-state index in [4.69, 9.17) is 0 Å². The Balaban J connectivity index is 2.57. The van der Waals surface area contributed by atoms with Crippen LogP contribution in [0.4, 0.5) is 0 Å². The van der Waals surface area contributed by atoms with Gasteiger partial charge in [0.05, 0.1) is 12.2 Å². The lowest BCUT2D eigenvalue weighted by Crippen LogP contribution is -2.31. The molecular formula is C8H14O2. The molecule has 3 atom stereocenters. The highest BCUT2D eigenvalue weighted by atomic mass is 16.3. The largest absolute Gasteiger partial charge is 0.393 e. The molecule has 2 heteroatoms. The lowest BCUT2D eigenvalue weighted by Gasteiger charge is -2.29. The first-order valence-corrected chi connectivity index (χ1v) is 3.65. The minimum Gasteiger partial charge on any atom is -0.393 e. The van der Waals surface area contributed by atoms with Crippen LogP contribution < -0.4 is 0 Å². The Morgan fingerprint density at radius 1 is 1.50 bits per heavy atom. The van der Waals surface area contributed by atoms with Crippen molar-refractivity contribution in [3.8, 4) is 0 Å². The van der Waals surface area contributed by atoms with Crippen molar-refractivity contribution in [2.45, 2.75) is 32.0 Å². The second-order valence-corrected chi connectivity index (χ2v) is 3.17. The van der Waals surface area contributed by atoms with Gasteiger partial charge in [-0.3, -0.25) is 0 Å². The Kier molecular flexibility index (Phi) is 2.11. The predicted molar refractivity (Wildman–Crippen MR) is 39.6 cm³/mol. The summed E-state index contributed by atoms with van der Waals surface area (Å²) in [5, 5.41) is 18.5. The third-order valence-electron chi connectivity index (χ3n) is 2.10. The molecule has 10 heavy (non-hydrogen) atoms. The van der Waals surface area contributed by atoms with Gasteiger partial charge in [0, 0.05) is 0 Å². The van der Waals surface area contributed by atoms with Crippen molar-refractivity contribution in [2.75, 3.05) is 0 Å². The maximum absolute atomic E-state index is 9.35. The SMILES string of the molecule is C=C1C[C@@H](O)CC(C)[C@H]1O. The molecule has 1 saturated carbocycles. The molecule has 2 N–H and O–H groups in total. The van der Waals surface area contributed by atoms with Crippen LogP contribution in [0.5, 0.6) is 0 Å². The Hall–Kier alpha value is -0.340. The molecule has 0 radical (unpaired) electrons. The van der Waals surface area contributed by atoms with Crippen LogP contribution >= 0.6 is 0 Å². The summed E-state index contributed by atoms with van der Waals surface area (Å²) in [6, 6.07) is 0. The molecule has 0 spiro atoms. The van der Waals surface area contributed by atoms with Crippen LogP contribution in [0.2, 0.25) is 0 Å². The number of rotatable bonds is 0. The van der Waals surface area contributed by atoms with Crippen LogP contribution in [0.25, 0.3) is 0 Å². The van der Waals surface area contributed by atoms with Crippen LogP contribution in [0.1, 0.15) is 19.8 Å². The van der Waals surface area contributed by atoms with E-state index in [1.54, 1.807) is 0 Å². The van der Waals surface area contributed by atoms with Crippen LogP contribution in [-0.4, -0.2) is 22.4 Å². The van der Waals surface area contributed by atoms with Gasteiger partial charge in [-0.2, -0.15) is 0 Å². The van der Waals surface area contributed by atoms with E-state index in [0.29, 0.717) is 12.8 Å². The highest BCUT2D eigenvalue weighted by Gasteiger charge is 2.27. The van der Waals surface area contributed by atoms with Crippen molar-refractivity contribution in [1.82, 2.24) is 0 Å². The summed E-state index contributed by atoms with van der Waals surface area (Å²) in [6.07, 6.45) is 0.570. The van der Waals surface area contributed by atoms with Crippen LogP contribution in [0, 0.1) is 5.92 Å². The van der Waals surface area contributed by atoms with E-state index < -0.39 is 6.10 Å². The van der Waals surface area contributed by atoms with E-state index in [2.05, 4.69) is 6.58 Å². The molecule has 1 aliphatic carbocycles. The molecule has 0 saturated heterocycles. The fourth-order valence-corrected chi connectivity index (χ4v) is 1.47. The van der Waals surface area contributed by atoms with Gasteiger partial charge >= 0.3 is 0 Å². The highest BCUT2D eigenvalue weighted by molar-refractivity contribution is 5.08. The molecule has 0 heterocycles. The van der Waals surface area contributed by atoms with Crippen LogP contribution in [-0.2, 0) is 0 Å². The zero-order chi connectivity index (χ0) is 7.72. The molecule has 1 aliphatic rings. The average Bonchev–Trinajstić information content (AvgIpc) is 1.82.